The number of benzene rings is 11. The zero-order valence-electron chi connectivity index (χ0n) is 30.2. The van der Waals surface area contributed by atoms with Gasteiger partial charge in [0, 0.05) is 17.1 Å². The normalized spacial score (nSPS) is 11.6. The van der Waals surface area contributed by atoms with Crippen LogP contribution in [0.1, 0.15) is 0 Å². The van der Waals surface area contributed by atoms with Crippen molar-refractivity contribution in [2.75, 3.05) is 4.90 Å². The van der Waals surface area contributed by atoms with E-state index in [2.05, 4.69) is 217 Å². The molecule has 0 unspecified atom stereocenters. The maximum atomic E-state index is 2.41. The second-order valence-electron chi connectivity index (χ2n) is 14.5. The zero-order chi connectivity index (χ0) is 36.3. The molecule has 0 aliphatic rings. The maximum absolute atomic E-state index is 2.41. The molecule has 0 heterocycles. The Morgan fingerprint density at radius 2 is 0.636 bits per heavy atom. The fourth-order valence-corrected chi connectivity index (χ4v) is 8.74. The van der Waals surface area contributed by atoms with Crippen LogP contribution in [0.2, 0.25) is 0 Å². The van der Waals surface area contributed by atoms with E-state index in [1.165, 1.54) is 86.9 Å². The first-order chi connectivity index (χ1) is 27.3. The predicted octanol–water partition coefficient (Wildman–Crippen LogP) is 15.4. The molecule has 11 aromatic rings. The Kier molecular flexibility index (Phi) is 7.25. The van der Waals surface area contributed by atoms with E-state index in [0.717, 1.165) is 17.1 Å². The van der Waals surface area contributed by atoms with Crippen LogP contribution < -0.4 is 4.90 Å². The van der Waals surface area contributed by atoms with Crippen molar-refractivity contribution in [2.45, 2.75) is 0 Å². The molecule has 0 amide bonds. The molecule has 0 aliphatic heterocycles. The molecule has 0 spiro atoms. The Morgan fingerprint density at radius 1 is 0.218 bits per heavy atom. The molecule has 0 aromatic heterocycles. The van der Waals surface area contributed by atoms with E-state index < -0.39 is 0 Å². The van der Waals surface area contributed by atoms with Gasteiger partial charge in [-0.25, -0.2) is 0 Å². The van der Waals surface area contributed by atoms with Gasteiger partial charge >= 0.3 is 0 Å². The average Bonchev–Trinajstić information content (AvgIpc) is 3.26. The van der Waals surface area contributed by atoms with E-state index in [1.54, 1.807) is 0 Å². The van der Waals surface area contributed by atoms with Gasteiger partial charge < -0.3 is 4.90 Å². The zero-order valence-corrected chi connectivity index (χ0v) is 30.2. The lowest BCUT2D eigenvalue weighted by Crippen LogP contribution is -2.10. The van der Waals surface area contributed by atoms with E-state index in [9.17, 15) is 0 Å². The molecular weight excluding hydrogens is 663 g/mol. The minimum Gasteiger partial charge on any atom is -0.310 e. The highest BCUT2D eigenvalue weighted by molar-refractivity contribution is 6.26. The fourth-order valence-electron chi connectivity index (χ4n) is 8.74. The molecule has 0 radical (unpaired) electrons. The van der Waals surface area contributed by atoms with Gasteiger partial charge in [0.25, 0.3) is 0 Å². The predicted molar refractivity (Wildman–Crippen MR) is 237 cm³/mol. The maximum Gasteiger partial charge on any atom is 0.0468 e. The van der Waals surface area contributed by atoms with E-state index in [1.807, 2.05) is 0 Å². The number of rotatable bonds is 5. The summed E-state index contributed by atoms with van der Waals surface area (Å²) in [7, 11) is 0. The van der Waals surface area contributed by atoms with E-state index in [0.29, 0.717) is 0 Å². The van der Waals surface area contributed by atoms with Crippen molar-refractivity contribution in [2.24, 2.45) is 0 Å². The molecular formula is C54H35N. The number of hydrogen-bond donors (Lipinski definition) is 0. The fraction of sp³-hybridized carbons (Fsp3) is 0. The van der Waals surface area contributed by atoms with E-state index in [-0.39, 0.29) is 0 Å². The molecule has 0 atom stereocenters. The second-order valence-corrected chi connectivity index (χ2v) is 14.5. The van der Waals surface area contributed by atoms with Crippen molar-refractivity contribution in [1.82, 2.24) is 0 Å². The minimum absolute atomic E-state index is 1.11. The molecule has 55 heavy (non-hydrogen) atoms. The van der Waals surface area contributed by atoms with Crippen molar-refractivity contribution in [3.63, 3.8) is 0 Å². The third kappa shape index (κ3) is 5.24. The third-order valence-electron chi connectivity index (χ3n) is 11.4. The van der Waals surface area contributed by atoms with Crippen molar-refractivity contribution >= 4 is 81.7 Å². The largest absolute Gasteiger partial charge is 0.310 e. The highest BCUT2D eigenvalue weighted by Crippen LogP contribution is 2.42. The Hall–Kier alpha value is -7.22. The van der Waals surface area contributed by atoms with Gasteiger partial charge in [0.1, 0.15) is 0 Å². The highest BCUT2D eigenvalue weighted by Gasteiger charge is 2.17. The van der Waals surface area contributed by atoms with Crippen LogP contribution in [0.3, 0.4) is 0 Å². The first-order valence-electron chi connectivity index (χ1n) is 19.0. The summed E-state index contributed by atoms with van der Waals surface area (Å²) in [6.07, 6.45) is 0. The molecule has 1 nitrogen and oxygen atoms in total. The first kappa shape index (κ1) is 31.3. The van der Waals surface area contributed by atoms with Crippen molar-refractivity contribution in [3.8, 4) is 22.3 Å². The molecule has 11 rings (SSSR count). The summed E-state index contributed by atoms with van der Waals surface area (Å²) in [5.74, 6) is 0. The Morgan fingerprint density at radius 3 is 1.31 bits per heavy atom. The number of nitrogens with zero attached hydrogens (tertiary/aromatic N) is 1. The van der Waals surface area contributed by atoms with Crippen LogP contribution in [0.15, 0.2) is 212 Å². The lowest BCUT2D eigenvalue weighted by Gasteiger charge is -2.27. The van der Waals surface area contributed by atoms with Crippen LogP contribution >= 0.6 is 0 Å². The van der Waals surface area contributed by atoms with Gasteiger partial charge in [-0.15, -0.1) is 0 Å². The summed E-state index contributed by atoms with van der Waals surface area (Å²) < 4.78 is 0. The van der Waals surface area contributed by atoms with Crippen LogP contribution in [0.4, 0.5) is 17.1 Å². The molecule has 0 saturated carbocycles. The standard InChI is InChI=1S/C54H35N/c1-3-13-45-38(10-1)12-9-19-47(45)40-22-20-36(21-23-40)37-26-28-42(29-27-37)55(43-30-32-48-41(34-43)25-24-39-11-2-4-14-46(39)48)44-31-33-53-51-17-6-5-15-49(51)50-16-7-8-18-52(50)54(53)35-44/h1-35H. The Balaban J connectivity index is 1.04. The van der Waals surface area contributed by atoms with Gasteiger partial charge in [-0.3, -0.25) is 0 Å². The van der Waals surface area contributed by atoms with Gasteiger partial charge in [-0.05, 0) is 123 Å². The third-order valence-corrected chi connectivity index (χ3v) is 11.4. The Bertz CT molecular complexity index is 3210. The van der Waals surface area contributed by atoms with E-state index >= 15 is 0 Å². The lowest BCUT2D eigenvalue weighted by atomic mass is 9.94. The second kappa shape index (κ2) is 12.7. The summed E-state index contributed by atoms with van der Waals surface area (Å²) in [6, 6.07) is 77.8. The summed E-state index contributed by atoms with van der Waals surface area (Å²) >= 11 is 0. The van der Waals surface area contributed by atoms with Crippen LogP contribution in [0.25, 0.3) is 86.9 Å². The number of anilines is 3. The highest BCUT2D eigenvalue weighted by atomic mass is 15.1. The van der Waals surface area contributed by atoms with Crippen LogP contribution in [-0.4, -0.2) is 0 Å². The molecule has 1 heteroatoms. The van der Waals surface area contributed by atoms with Gasteiger partial charge in [-0.2, -0.15) is 0 Å². The molecule has 0 saturated heterocycles. The molecule has 11 aromatic carbocycles. The van der Waals surface area contributed by atoms with Crippen LogP contribution in [-0.2, 0) is 0 Å². The van der Waals surface area contributed by atoms with Crippen molar-refractivity contribution in [1.29, 1.82) is 0 Å². The van der Waals surface area contributed by atoms with Gasteiger partial charge in [0.15, 0.2) is 0 Å². The van der Waals surface area contributed by atoms with Crippen LogP contribution in [0, 0.1) is 0 Å². The molecule has 0 N–H and O–H groups in total. The SMILES string of the molecule is c1ccc2c(-c3ccc(-c4ccc(N(c5ccc6c(ccc7ccccc76)c5)c5ccc6c7ccccc7c7ccccc7c6c5)cc4)cc3)cccc2c1. The van der Waals surface area contributed by atoms with Crippen LogP contribution in [0.5, 0.6) is 0 Å². The summed E-state index contributed by atoms with van der Waals surface area (Å²) in [5, 5.41) is 15.2. The summed E-state index contributed by atoms with van der Waals surface area (Å²) in [6.45, 7) is 0. The molecule has 256 valence electrons. The molecule has 0 bridgehead atoms. The minimum atomic E-state index is 1.11. The molecule has 0 aliphatic carbocycles. The van der Waals surface area contributed by atoms with Gasteiger partial charge in [0.2, 0.25) is 0 Å². The van der Waals surface area contributed by atoms with Crippen molar-refractivity contribution in [3.05, 3.63) is 212 Å². The van der Waals surface area contributed by atoms with Gasteiger partial charge in [0.05, 0.1) is 0 Å². The quantitative estimate of drug-likeness (QED) is 0.162. The summed E-state index contributed by atoms with van der Waals surface area (Å²) in [5.41, 5.74) is 8.23. The Labute approximate surface area is 320 Å². The average molecular weight is 698 g/mol. The number of fused-ring (bicyclic) bond motifs is 10. The lowest BCUT2D eigenvalue weighted by molar-refractivity contribution is 1.30. The first-order valence-corrected chi connectivity index (χ1v) is 19.0. The smallest absolute Gasteiger partial charge is 0.0468 e. The van der Waals surface area contributed by atoms with Crippen molar-refractivity contribution < 1.29 is 0 Å². The summed E-state index contributed by atoms with van der Waals surface area (Å²) in [4.78, 5) is 2.41. The van der Waals surface area contributed by atoms with E-state index in [4.69, 9.17) is 0 Å². The topological polar surface area (TPSA) is 3.24 Å². The molecule has 0 fully saturated rings. The number of hydrogen-bond acceptors (Lipinski definition) is 1. The monoisotopic (exact) mass is 697 g/mol. The van der Waals surface area contributed by atoms with Gasteiger partial charge in [-0.1, -0.05) is 176 Å².